The van der Waals surface area contributed by atoms with Gasteiger partial charge >= 0.3 is 0 Å². The minimum atomic E-state index is 0.253. The van der Waals surface area contributed by atoms with Crippen molar-refractivity contribution in [1.82, 2.24) is 15.0 Å². The highest BCUT2D eigenvalue weighted by Gasteiger charge is 2.06. The van der Waals surface area contributed by atoms with Crippen LogP contribution in [0.3, 0.4) is 0 Å². The van der Waals surface area contributed by atoms with E-state index in [1.54, 1.807) is 6.20 Å². The molecule has 0 amide bonds. The molecular weight excluding hydrogens is 162 g/mol. The first-order valence-electron chi connectivity index (χ1n) is 4.28. The van der Waals surface area contributed by atoms with Gasteiger partial charge in [-0.3, -0.25) is 0 Å². The second kappa shape index (κ2) is 3.39. The lowest BCUT2D eigenvalue weighted by molar-refractivity contribution is 0.543. The molecule has 3 nitrogen and oxygen atoms in total. The van der Waals surface area contributed by atoms with Crippen molar-refractivity contribution < 1.29 is 0 Å². The van der Waals surface area contributed by atoms with E-state index in [1.807, 2.05) is 29.1 Å². The minimum Gasteiger partial charge on any atom is -0.245 e. The molecule has 0 aliphatic carbocycles. The van der Waals surface area contributed by atoms with Crippen molar-refractivity contribution in [3.63, 3.8) is 0 Å². The first-order chi connectivity index (χ1) is 6.38. The predicted octanol–water partition coefficient (Wildman–Crippen LogP) is 1.89. The molecule has 0 radical (unpaired) electrons. The van der Waals surface area contributed by atoms with Gasteiger partial charge in [0.1, 0.15) is 0 Å². The van der Waals surface area contributed by atoms with Crippen LogP contribution in [0.1, 0.15) is 18.5 Å². The molecule has 1 unspecified atom stereocenters. The average Bonchev–Trinajstić information content (AvgIpc) is 2.71. The van der Waals surface area contributed by atoms with Crippen LogP contribution in [0.15, 0.2) is 42.7 Å². The quantitative estimate of drug-likeness (QED) is 0.694. The zero-order chi connectivity index (χ0) is 9.10. The highest BCUT2D eigenvalue weighted by Crippen LogP contribution is 2.14. The van der Waals surface area contributed by atoms with E-state index in [0.29, 0.717) is 0 Å². The monoisotopic (exact) mass is 173 g/mol. The third-order valence-electron chi connectivity index (χ3n) is 2.12. The Hall–Kier alpha value is -1.64. The van der Waals surface area contributed by atoms with Gasteiger partial charge in [-0.15, -0.1) is 5.10 Å². The van der Waals surface area contributed by atoms with Crippen LogP contribution in [0.25, 0.3) is 0 Å². The van der Waals surface area contributed by atoms with Crippen LogP contribution in [-0.2, 0) is 0 Å². The van der Waals surface area contributed by atoms with E-state index in [-0.39, 0.29) is 6.04 Å². The molecule has 1 heterocycles. The molecule has 0 saturated carbocycles. The highest BCUT2D eigenvalue weighted by molar-refractivity contribution is 5.18. The van der Waals surface area contributed by atoms with Gasteiger partial charge in [0.2, 0.25) is 0 Å². The summed E-state index contributed by atoms with van der Waals surface area (Å²) in [6.45, 7) is 2.10. The van der Waals surface area contributed by atoms with E-state index in [1.165, 1.54) is 5.56 Å². The number of benzene rings is 1. The molecule has 13 heavy (non-hydrogen) atoms. The van der Waals surface area contributed by atoms with Crippen molar-refractivity contribution in [2.24, 2.45) is 0 Å². The Morgan fingerprint density at radius 3 is 2.62 bits per heavy atom. The Morgan fingerprint density at radius 1 is 1.23 bits per heavy atom. The first-order valence-corrected chi connectivity index (χ1v) is 4.28. The molecule has 0 fully saturated rings. The molecular formula is C10H11N3. The first kappa shape index (κ1) is 7.98. The maximum atomic E-state index is 3.96. The van der Waals surface area contributed by atoms with E-state index in [4.69, 9.17) is 0 Å². The van der Waals surface area contributed by atoms with Crippen LogP contribution in [0.4, 0.5) is 0 Å². The summed E-state index contributed by atoms with van der Waals surface area (Å²) < 4.78 is 1.84. The molecule has 0 aliphatic heterocycles. The van der Waals surface area contributed by atoms with Crippen molar-refractivity contribution in [1.29, 1.82) is 0 Å². The Balaban J connectivity index is 2.29. The standard InChI is InChI=1S/C10H11N3/c1-9(13-8-7-11-12-13)10-5-3-2-4-6-10/h2-9H,1H3. The fourth-order valence-electron chi connectivity index (χ4n) is 1.31. The Morgan fingerprint density at radius 2 is 2.00 bits per heavy atom. The van der Waals surface area contributed by atoms with Crippen molar-refractivity contribution >= 4 is 0 Å². The van der Waals surface area contributed by atoms with E-state index in [2.05, 4.69) is 29.4 Å². The molecule has 0 N–H and O–H groups in total. The fraction of sp³-hybridized carbons (Fsp3) is 0.200. The lowest BCUT2D eigenvalue weighted by Gasteiger charge is -2.10. The molecule has 2 aromatic rings. The van der Waals surface area contributed by atoms with Crippen LogP contribution >= 0.6 is 0 Å². The van der Waals surface area contributed by atoms with E-state index in [9.17, 15) is 0 Å². The van der Waals surface area contributed by atoms with Crippen LogP contribution in [-0.4, -0.2) is 15.0 Å². The molecule has 0 saturated heterocycles. The van der Waals surface area contributed by atoms with E-state index >= 15 is 0 Å². The summed E-state index contributed by atoms with van der Waals surface area (Å²) in [6, 6.07) is 10.5. The minimum absolute atomic E-state index is 0.253. The zero-order valence-electron chi connectivity index (χ0n) is 7.46. The smallest absolute Gasteiger partial charge is 0.0758 e. The van der Waals surface area contributed by atoms with E-state index in [0.717, 1.165) is 0 Å². The SMILES string of the molecule is CC(c1ccccc1)n1ccnn1. The predicted molar refractivity (Wildman–Crippen MR) is 50.3 cm³/mol. The second-order valence-corrected chi connectivity index (χ2v) is 2.97. The maximum absolute atomic E-state index is 3.96. The number of nitrogens with zero attached hydrogens (tertiary/aromatic N) is 3. The lowest BCUT2D eigenvalue weighted by Crippen LogP contribution is -2.07. The summed E-state index contributed by atoms with van der Waals surface area (Å²) in [5.41, 5.74) is 1.24. The number of hydrogen-bond donors (Lipinski definition) is 0. The maximum Gasteiger partial charge on any atom is 0.0758 e. The topological polar surface area (TPSA) is 30.7 Å². The van der Waals surface area contributed by atoms with Crippen molar-refractivity contribution in [3.8, 4) is 0 Å². The number of rotatable bonds is 2. The number of hydrogen-bond acceptors (Lipinski definition) is 2. The average molecular weight is 173 g/mol. The Labute approximate surface area is 77.0 Å². The van der Waals surface area contributed by atoms with Gasteiger partial charge in [-0.1, -0.05) is 35.5 Å². The molecule has 0 aliphatic rings. The normalized spacial score (nSPS) is 12.7. The summed E-state index contributed by atoms with van der Waals surface area (Å²) in [5, 5.41) is 7.74. The summed E-state index contributed by atoms with van der Waals surface area (Å²) in [7, 11) is 0. The molecule has 3 heteroatoms. The summed E-state index contributed by atoms with van der Waals surface area (Å²) in [6.07, 6.45) is 3.57. The highest BCUT2D eigenvalue weighted by atomic mass is 15.4. The van der Waals surface area contributed by atoms with Gasteiger partial charge in [0, 0.05) is 6.20 Å². The summed E-state index contributed by atoms with van der Waals surface area (Å²) >= 11 is 0. The largest absolute Gasteiger partial charge is 0.245 e. The Bertz CT molecular complexity index is 353. The lowest BCUT2D eigenvalue weighted by atomic mass is 10.1. The van der Waals surface area contributed by atoms with Gasteiger partial charge in [0.15, 0.2) is 0 Å². The molecule has 2 rings (SSSR count). The molecule has 1 aromatic carbocycles. The molecule has 1 aromatic heterocycles. The summed E-state index contributed by atoms with van der Waals surface area (Å²) in [5.74, 6) is 0. The number of aromatic nitrogens is 3. The second-order valence-electron chi connectivity index (χ2n) is 2.97. The van der Waals surface area contributed by atoms with Gasteiger partial charge < -0.3 is 0 Å². The fourth-order valence-corrected chi connectivity index (χ4v) is 1.31. The van der Waals surface area contributed by atoms with Gasteiger partial charge in [-0.05, 0) is 12.5 Å². The summed E-state index contributed by atoms with van der Waals surface area (Å²) in [4.78, 5) is 0. The van der Waals surface area contributed by atoms with Crippen LogP contribution < -0.4 is 0 Å². The third kappa shape index (κ3) is 1.59. The van der Waals surface area contributed by atoms with Gasteiger partial charge in [-0.2, -0.15) is 0 Å². The van der Waals surface area contributed by atoms with Gasteiger partial charge in [-0.25, -0.2) is 4.68 Å². The van der Waals surface area contributed by atoms with E-state index < -0.39 is 0 Å². The van der Waals surface area contributed by atoms with Crippen molar-refractivity contribution in [3.05, 3.63) is 48.3 Å². The Kier molecular flexibility index (Phi) is 2.08. The molecule has 1 atom stereocenters. The van der Waals surface area contributed by atoms with Gasteiger partial charge in [0.25, 0.3) is 0 Å². The van der Waals surface area contributed by atoms with Gasteiger partial charge in [0.05, 0.1) is 12.2 Å². The van der Waals surface area contributed by atoms with Crippen molar-refractivity contribution in [2.45, 2.75) is 13.0 Å². The third-order valence-corrected chi connectivity index (χ3v) is 2.12. The van der Waals surface area contributed by atoms with Crippen LogP contribution in [0.2, 0.25) is 0 Å². The van der Waals surface area contributed by atoms with Crippen LogP contribution in [0, 0.1) is 0 Å². The molecule has 0 bridgehead atoms. The zero-order valence-corrected chi connectivity index (χ0v) is 7.46. The molecule has 0 spiro atoms. The van der Waals surface area contributed by atoms with Crippen LogP contribution in [0.5, 0.6) is 0 Å². The van der Waals surface area contributed by atoms with Crippen molar-refractivity contribution in [2.75, 3.05) is 0 Å². The molecule has 66 valence electrons.